The summed E-state index contributed by atoms with van der Waals surface area (Å²) in [7, 11) is 0. The number of amides is 1. The summed E-state index contributed by atoms with van der Waals surface area (Å²) >= 11 is 0. The zero-order valence-electron chi connectivity index (χ0n) is 12.2. The summed E-state index contributed by atoms with van der Waals surface area (Å²) in [4.78, 5) is 11.8. The quantitative estimate of drug-likeness (QED) is 0.892. The van der Waals surface area contributed by atoms with Crippen molar-refractivity contribution in [2.24, 2.45) is 11.1 Å². The zero-order valence-corrected chi connectivity index (χ0v) is 13.0. The van der Waals surface area contributed by atoms with Crippen molar-refractivity contribution in [1.82, 2.24) is 5.32 Å². The highest BCUT2D eigenvalue weighted by Gasteiger charge is 2.26. The number of aryl methyl sites for hydroxylation is 1. The number of hydrogen-bond acceptors (Lipinski definition) is 2. The van der Waals surface area contributed by atoms with E-state index in [0.29, 0.717) is 6.54 Å². The average molecular weight is 285 g/mol. The molecule has 0 spiro atoms. The molecular formula is C15H25ClN2O. The van der Waals surface area contributed by atoms with Gasteiger partial charge in [-0.25, -0.2) is 0 Å². The average Bonchev–Trinajstić information content (AvgIpc) is 2.26. The van der Waals surface area contributed by atoms with Crippen LogP contribution in [0.25, 0.3) is 0 Å². The van der Waals surface area contributed by atoms with Gasteiger partial charge in [-0.2, -0.15) is 0 Å². The third-order valence-corrected chi connectivity index (χ3v) is 3.01. The number of carbonyl (C=O) groups excluding carboxylic acids is 1. The fraction of sp³-hybridized carbons (Fsp3) is 0.533. The van der Waals surface area contributed by atoms with Crippen LogP contribution < -0.4 is 11.1 Å². The second-order valence-corrected chi connectivity index (χ2v) is 5.87. The highest BCUT2D eigenvalue weighted by atomic mass is 35.5. The Kier molecular flexibility index (Phi) is 7.09. The summed E-state index contributed by atoms with van der Waals surface area (Å²) in [5.74, 6) is -0.0739. The second kappa shape index (κ2) is 7.51. The van der Waals surface area contributed by atoms with Gasteiger partial charge in [0, 0.05) is 6.54 Å². The number of nitrogens with two attached hydrogens (primary N) is 1. The molecule has 1 aromatic rings. The van der Waals surface area contributed by atoms with E-state index in [0.717, 1.165) is 6.42 Å². The van der Waals surface area contributed by atoms with Crippen molar-refractivity contribution in [1.29, 1.82) is 0 Å². The van der Waals surface area contributed by atoms with Gasteiger partial charge in [0.05, 0.1) is 6.04 Å². The van der Waals surface area contributed by atoms with Crippen LogP contribution >= 0.6 is 12.4 Å². The Hall–Kier alpha value is -1.06. The first-order valence-corrected chi connectivity index (χ1v) is 6.39. The van der Waals surface area contributed by atoms with Crippen LogP contribution in [0.1, 0.15) is 31.9 Å². The van der Waals surface area contributed by atoms with Gasteiger partial charge >= 0.3 is 0 Å². The molecule has 4 heteroatoms. The van der Waals surface area contributed by atoms with E-state index >= 15 is 0 Å². The molecule has 0 aliphatic heterocycles. The smallest absolute Gasteiger partial charge is 0.237 e. The number of benzene rings is 1. The van der Waals surface area contributed by atoms with Gasteiger partial charge in [0.25, 0.3) is 0 Å². The minimum Gasteiger partial charge on any atom is -0.354 e. The van der Waals surface area contributed by atoms with Gasteiger partial charge in [-0.15, -0.1) is 12.4 Å². The van der Waals surface area contributed by atoms with Gasteiger partial charge in [-0.1, -0.05) is 50.6 Å². The highest BCUT2D eigenvalue weighted by Crippen LogP contribution is 2.17. The Labute approximate surface area is 122 Å². The Bertz CT molecular complexity index is 413. The fourth-order valence-electron chi connectivity index (χ4n) is 1.70. The Morgan fingerprint density at radius 2 is 2.00 bits per heavy atom. The van der Waals surface area contributed by atoms with Gasteiger partial charge in [-0.3, -0.25) is 4.79 Å². The van der Waals surface area contributed by atoms with Crippen molar-refractivity contribution in [2.45, 2.75) is 40.2 Å². The maximum absolute atomic E-state index is 11.8. The molecule has 0 bridgehead atoms. The maximum atomic E-state index is 11.8. The summed E-state index contributed by atoms with van der Waals surface area (Å²) < 4.78 is 0. The van der Waals surface area contributed by atoms with Gasteiger partial charge < -0.3 is 11.1 Å². The second-order valence-electron chi connectivity index (χ2n) is 5.87. The molecule has 1 aromatic carbocycles. The Balaban J connectivity index is 0.00000324. The van der Waals surface area contributed by atoms with Crippen LogP contribution in [-0.2, 0) is 11.2 Å². The van der Waals surface area contributed by atoms with Crippen LogP contribution in [-0.4, -0.2) is 18.5 Å². The number of carbonyl (C=O) groups is 1. The van der Waals surface area contributed by atoms with Crippen molar-refractivity contribution in [3.8, 4) is 0 Å². The fourth-order valence-corrected chi connectivity index (χ4v) is 1.70. The maximum Gasteiger partial charge on any atom is 0.237 e. The number of hydrogen-bond donors (Lipinski definition) is 2. The topological polar surface area (TPSA) is 55.1 Å². The lowest BCUT2D eigenvalue weighted by Crippen LogP contribution is -2.48. The van der Waals surface area contributed by atoms with Crippen molar-refractivity contribution >= 4 is 18.3 Å². The SMILES string of the molecule is Cc1cccc(CCNC(=O)[C@@H](N)C(C)(C)C)c1.Cl. The molecule has 0 fully saturated rings. The van der Waals surface area contributed by atoms with Gasteiger partial charge in [0.15, 0.2) is 0 Å². The van der Waals surface area contributed by atoms with Gasteiger partial charge in [0.1, 0.15) is 0 Å². The summed E-state index contributed by atoms with van der Waals surface area (Å²) in [6, 6.07) is 7.85. The predicted molar refractivity (Wildman–Crippen MR) is 82.6 cm³/mol. The van der Waals surface area contributed by atoms with Crippen LogP contribution in [0, 0.1) is 12.3 Å². The minimum absolute atomic E-state index is 0. The van der Waals surface area contributed by atoms with E-state index in [1.165, 1.54) is 11.1 Å². The summed E-state index contributed by atoms with van der Waals surface area (Å²) in [6.45, 7) is 8.61. The van der Waals surface area contributed by atoms with Crippen LogP contribution in [0.15, 0.2) is 24.3 Å². The first-order valence-electron chi connectivity index (χ1n) is 6.39. The predicted octanol–water partition coefficient (Wildman–Crippen LogP) is 2.45. The third kappa shape index (κ3) is 6.08. The number of nitrogens with one attached hydrogen (secondary N) is 1. The Morgan fingerprint density at radius 3 is 2.53 bits per heavy atom. The normalized spacial score (nSPS) is 12.5. The standard InChI is InChI=1S/C15H24N2O.ClH/c1-11-6-5-7-12(10-11)8-9-17-14(18)13(16)15(2,3)4;/h5-7,10,13H,8-9,16H2,1-4H3,(H,17,18);1H/t13-;/m1./s1. The van der Waals surface area contributed by atoms with Crippen molar-refractivity contribution in [3.05, 3.63) is 35.4 Å². The largest absolute Gasteiger partial charge is 0.354 e. The van der Waals surface area contributed by atoms with Crippen LogP contribution in [0.5, 0.6) is 0 Å². The molecule has 0 aliphatic carbocycles. The van der Waals surface area contributed by atoms with Crippen molar-refractivity contribution in [3.63, 3.8) is 0 Å². The number of rotatable bonds is 4. The molecule has 0 saturated heterocycles. The minimum atomic E-state index is -0.463. The van der Waals surface area contributed by atoms with Crippen molar-refractivity contribution in [2.75, 3.05) is 6.54 Å². The lowest BCUT2D eigenvalue weighted by atomic mass is 9.87. The lowest BCUT2D eigenvalue weighted by molar-refractivity contribution is -0.124. The molecule has 1 amide bonds. The summed E-state index contributed by atoms with van der Waals surface area (Å²) in [5.41, 5.74) is 8.16. The molecule has 1 rings (SSSR count). The third-order valence-electron chi connectivity index (χ3n) is 3.01. The van der Waals surface area contributed by atoms with E-state index < -0.39 is 6.04 Å². The molecule has 19 heavy (non-hydrogen) atoms. The van der Waals surface area contributed by atoms with Crippen LogP contribution in [0.2, 0.25) is 0 Å². The molecule has 0 aliphatic rings. The Morgan fingerprint density at radius 1 is 1.37 bits per heavy atom. The first-order chi connectivity index (χ1) is 8.30. The monoisotopic (exact) mass is 284 g/mol. The molecule has 3 N–H and O–H groups in total. The van der Waals surface area contributed by atoms with E-state index in [9.17, 15) is 4.79 Å². The molecule has 0 saturated carbocycles. The lowest BCUT2D eigenvalue weighted by Gasteiger charge is -2.25. The molecular weight excluding hydrogens is 260 g/mol. The van der Waals surface area contributed by atoms with Crippen molar-refractivity contribution < 1.29 is 4.79 Å². The van der Waals surface area contributed by atoms with E-state index in [2.05, 4.69) is 30.4 Å². The molecule has 0 radical (unpaired) electrons. The molecule has 0 aromatic heterocycles. The zero-order chi connectivity index (χ0) is 13.8. The molecule has 1 atom stereocenters. The molecule has 0 unspecified atom stereocenters. The molecule has 0 heterocycles. The molecule has 108 valence electrons. The highest BCUT2D eigenvalue weighted by molar-refractivity contribution is 5.85. The van der Waals surface area contributed by atoms with Crippen LogP contribution in [0.3, 0.4) is 0 Å². The van der Waals surface area contributed by atoms with E-state index in [-0.39, 0.29) is 23.7 Å². The molecule has 3 nitrogen and oxygen atoms in total. The summed E-state index contributed by atoms with van der Waals surface area (Å²) in [5, 5.41) is 2.89. The van der Waals surface area contributed by atoms with E-state index in [4.69, 9.17) is 5.73 Å². The van der Waals surface area contributed by atoms with E-state index in [1.54, 1.807) is 0 Å². The number of halogens is 1. The van der Waals surface area contributed by atoms with Crippen LogP contribution in [0.4, 0.5) is 0 Å². The summed E-state index contributed by atoms with van der Waals surface area (Å²) in [6.07, 6.45) is 0.838. The van der Waals surface area contributed by atoms with Gasteiger partial charge in [-0.05, 0) is 24.3 Å². The van der Waals surface area contributed by atoms with E-state index in [1.807, 2.05) is 26.8 Å². The van der Waals surface area contributed by atoms with Gasteiger partial charge in [0.2, 0.25) is 5.91 Å². The first kappa shape index (κ1) is 17.9.